The summed E-state index contributed by atoms with van der Waals surface area (Å²) in [6.07, 6.45) is 3.77. The SMILES string of the molecule is CN(c1ccc(C#N)c(Cl)c1)[C@H]1CC[C@H](NC(=O)c2ccc(N3CCN(CC(=O)OC(C)(C)C)CC3)cc2)CC1. The molecule has 2 aromatic carbocycles. The van der Waals surface area contributed by atoms with Crippen LogP contribution >= 0.6 is 11.6 Å². The van der Waals surface area contributed by atoms with Crippen LogP contribution in [0, 0.1) is 11.3 Å². The van der Waals surface area contributed by atoms with Crippen molar-refractivity contribution in [1.29, 1.82) is 5.26 Å². The van der Waals surface area contributed by atoms with Crippen LogP contribution < -0.4 is 15.1 Å². The highest BCUT2D eigenvalue weighted by Crippen LogP contribution is 2.29. The van der Waals surface area contributed by atoms with Gasteiger partial charge in [0, 0.05) is 62.2 Å². The molecule has 8 nitrogen and oxygen atoms in total. The number of hydrogen-bond donors (Lipinski definition) is 1. The summed E-state index contributed by atoms with van der Waals surface area (Å²) in [7, 11) is 2.06. The number of halogens is 1. The summed E-state index contributed by atoms with van der Waals surface area (Å²) in [5.74, 6) is -0.225. The fourth-order valence-corrected chi connectivity index (χ4v) is 5.66. The lowest BCUT2D eigenvalue weighted by molar-refractivity contribution is -0.156. The molecule has 0 unspecified atom stereocenters. The third-order valence-electron chi connectivity index (χ3n) is 7.70. The summed E-state index contributed by atoms with van der Waals surface area (Å²) < 4.78 is 5.44. The summed E-state index contributed by atoms with van der Waals surface area (Å²) in [4.78, 5) is 31.7. The highest BCUT2D eigenvalue weighted by molar-refractivity contribution is 6.32. The molecule has 1 aliphatic heterocycles. The molecule has 0 aromatic heterocycles. The highest BCUT2D eigenvalue weighted by Gasteiger charge is 2.26. The van der Waals surface area contributed by atoms with E-state index in [9.17, 15) is 9.59 Å². The van der Waals surface area contributed by atoms with Crippen molar-refractivity contribution in [3.63, 3.8) is 0 Å². The number of rotatable bonds is 7. The molecule has 2 fully saturated rings. The van der Waals surface area contributed by atoms with E-state index in [0.717, 1.165) is 63.2 Å². The van der Waals surface area contributed by atoms with Gasteiger partial charge in [-0.2, -0.15) is 5.26 Å². The number of hydrogen-bond acceptors (Lipinski definition) is 7. The minimum atomic E-state index is -0.467. The van der Waals surface area contributed by atoms with Gasteiger partial charge >= 0.3 is 5.97 Å². The fraction of sp³-hybridized carbons (Fsp3) is 0.516. The van der Waals surface area contributed by atoms with E-state index in [1.807, 2.05) is 57.2 Å². The first-order valence-corrected chi connectivity index (χ1v) is 14.4. The van der Waals surface area contributed by atoms with Gasteiger partial charge in [0.05, 0.1) is 17.1 Å². The molecule has 40 heavy (non-hydrogen) atoms. The largest absolute Gasteiger partial charge is 0.459 e. The number of benzene rings is 2. The Morgan fingerprint density at radius 3 is 2.27 bits per heavy atom. The quantitative estimate of drug-likeness (QED) is 0.480. The number of ether oxygens (including phenoxy) is 1. The minimum absolute atomic E-state index is 0.0376. The van der Waals surface area contributed by atoms with Gasteiger partial charge in [-0.1, -0.05) is 11.6 Å². The average molecular weight is 566 g/mol. The predicted molar refractivity (Wildman–Crippen MR) is 159 cm³/mol. The Bertz CT molecular complexity index is 1220. The van der Waals surface area contributed by atoms with Gasteiger partial charge in [0.1, 0.15) is 11.7 Å². The second-order valence-electron chi connectivity index (χ2n) is 11.8. The zero-order valence-corrected chi connectivity index (χ0v) is 24.7. The van der Waals surface area contributed by atoms with Crippen molar-refractivity contribution in [2.24, 2.45) is 0 Å². The number of anilines is 2. The third-order valence-corrected chi connectivity index (χ3v) is 8.01. The number of carbonyl (C=O) groups is 2. The van der Waals surface area contributed by atoms with E-state index in [-0.39, 0.29) is 17.9 Å². The van der Waals surface area contributed by atoms with Crippen molar-refractivity contribution in [2.45, 2.75) is 64.1 Å². The maximum absolute atomic E-state index is 13.0. The number of carbonyl (C=O) groups excluding carboxylic acids is 2. The Labute approximate surface area is 242 Å². The lowest BCUT2D eigenvalue weighted by Gasteiger charge is -2.36. The van der Waals surface area contributed by atoms with Crippen molar-refractivity contribution in [3.8, 4) is 6.07 Å². The Morgan fingerprint density at radius 1 is 1.05 bits per heavy atom. The second kappa shape index (κ2) is 12.9. The standard InChI is InChI=1S/C31H40ClN5O3/c1-31(2,3)40-29(38)21-36-15-17-37(18-16-36)26-10-5-22(6-11-26)30(39)34-24-8-13-25(14-9-24)35(4)27-12-7-23(20-33)28(32)19-27/h5-7,10-12,19,24-25H,8-9,13-18,21H2,1-4H3,(H,34,39)/t24-,25-. The van der Waals surface area contributed by atoms with Crippen molar-refractivity contribution in [2.75, 3.05) is 49.6 Å². The molecule has 0 bridgehead atoms. The van der Waals surface area contributed by atoms with Crippen LogP contribution in [-0.2, 0) is 9.53 Å². The first-order chi connectivity index (χ1) is 19.0. The predicted octanol–water partition coefficient (Wildman–Crippen LogP) is 4.85. The normalized spacial score (nSPS) is 19.9. The van der Waals surface area contributed by atoms with Gasteiger partial charge in [-0.15, -0.1) is 0 Å². The smallest absolute Gasteiger partial charge is 0.320 e. The molecule has 1 amide bonds. The Morgan fingerprint density at radius 2 is 1.70 bits per heavy atom. The molecule has 0 spiro atoms. The average Bonchev–Trinajstić information content (AvgIpc) is 2.92. The molecule has 0 radical (unpaired) electrons. The van der Waals surface area contributed by atoms with Crippen LogP contribution in [0.2, 0.25) is 5.02 Å². The van der Waals surface area contributed by atoms with Crippen molar-refractivity contribution >= 4 is 34.9 Å². The number of esters is 1. The van der Waals surface area contributed by atoms with Crippen LogP contribution in [-0.4, -0.2) is 74.2 Å². The summed E-state index contributed by atoms with van der Waals surface area (Å²) in [6.45, 7) is 9.18. The first-order valence-electron chi connectivity index (χ1n) is 14.0. The molecule has 1 N–H and O–H groups in total. The third kappa shape index (κ3) is 7.89. The number of nitriles is 1. The summed E-state index contributed by atoms with van der Waals surface area (Å²) >= 11 is 6.23. The van der Waals surface area contributed by atoms with Crippen LogP contribution in [0.3, 0.4) is 0 Å². The number of nitrogens with zero attached hydrogens (tertiary/aromatic N) is 4. The number of nitrogens with one attached hydrogen (secondary N) is 1. The molecule has 4 rings (SSSR count). The van der Waals surface area contributed by atoms with E-state index in [0.29, 0.717) is 28.7 Å². The maximum Gasteiger partial charge on any atom is 0.320 e. The number of piperazine rings is 1. The molecule has 1 aliphatic carbocycles. The Balaban J connectivity index is 1.21. The van der Waals surface area contributed by atoms with Crippen molar-refractivity contribution in [3.05, 3.63) is 58.6 Å². The van der Waals surface area contributed by atoms with Gasteiger partial charge in [-0.05, 0) is 88.9 Å². The molecule has 0 atom stereocenters. The molecule has 1 saturated carbocycles. The zero-order valence-electron chi connectivity index (χ0n) is 24.0. The molecule has 2 aromatic rings. The van der Waals surface area contributed by atoms with Crippen molar-refractivity contribution in [1.82, 2.24) is 10.2 Å². The van der Waals surface area contributed by atoms with Crippen LogP contribution in [0.1, 0.15) is 62.4 Å². The molecular weight excluding hydrogens is 526 g/mol. The molecule has 9 heteroatoms. The monoisotopic (exact) mass is 565 g/mol. The molecule has 1 saturated heterocycles. The van der Waals surface area contributed by atoms with Gasteiger partial charge in [-0.3, -0.25) is 14.5 Å². The molecule has 2 aliphatic rings. The number of amides is 1. The van der Waals surface area contributed by atoms with Crippen LogP contribution in [0.5, 0.6) is 0 Å². The van der Waals surface area contributed by atoms with E-state index in [4.69, 9.17) is 21.6 Å². The van der Waals surface area contributed by atoms with E-state index < -0.39 is 5.60 Å². The van der Waals surface area contributed by atoms with Gasteiger partial charge < -0.3 is 19.9 Å². The lowest BCUT2D eigenvalue weighted by atomic mass is 9.90. The topological polar surface area (TPSA) is 88.9 Å². The molecule has 1 heterocycles. The Kier molecular flexibility index (Phi) is 9.60. The van der Waals surface area contributed by atoms with Crippen LogP contribution in [0.15, 0.2) is 42.5 Å². The van der Waals surface area contributed by atoms with Gasteiger partial charge in [0.25, 0.3) is 5.91 Å². The van der Waals surface area contributed by atoms with E-state index >= 15 is 0 Å². The molecule has 214 valence electrons. The minimum Gasteiger partial charge on any atom is -0.459 e. The van der Waals surface area contributed by atoms with Crippen LogP contribution in [0.25, 0.3) is 0 Å². The van der Waals surface area contributed by atoms with E-state index in [2.05, 4.69) is 33.1 Å². The summed E-state index contributed by atoms with van der Waals surface area (Å²) in [5, 5.41) is 12.8. The highest BCUT2D eigenvalue weighted by atomic mass is 35.5. The fourth-order valence-electron chi connectivity index (χ4n) is 5.45. The maximum atomic E-state index is 13.0. The van der Waals surface area contributed by atoms with Crippen molar-refractivity contribution < 1.29 is 14.3 Å². The second-order valence-corrected chi connectivity index (χ2v) is 12.2. The Hall–Kier alpha value is -3.28. The van der Waals surface area contributed by atoms with Crippen LogP contribution in [0.4, 0.5) is 11.4 Å². The zero-order chi connectivity index (χ0) is 28.9. The van der Waals surface area contributed by atoms with E-state index in [1.54, 1.807) is 6.07 Å². The van der Waals surface area contributed by atoms with Gasteiger partial charge in [0.15, 0.2) is 0 Å². The van der Waals surface area contributed by atoms with E-state index in [1.165, 1.54) is 0 Å². The van der Waals surface area contributed by atoms with Gasteiger partial charge in [-0.25, -0.2) is 0 Å². The first kappa shape index (κ1) is 29.7. The lowest BCUT2D eigenvalue weighted by Crippen LogP contribution is -2.48. The summed E-state index contributed by atoms with van der Waals surface area (Å²) in [6, 6.07) is 16.0. The van der Waals surface area contributed by atoms with Gasteiger partial charge in [0.2, 0.25) is 0 Å². The summed E-state index contributed by atoms with van der Waals surface area (Å²) in [5.41, 5.74) is 2.77. The molecular formula is C31H40ClN5O3.